The maximum absolute atomic E-state index is 12.6. The van der Waals surface area contributed by atoms with Gasteiger partial charge in [-0.05, 0) is 0 Å². The molecule has 0 radical (unpaired) electrons. The van der Waals surface area contributed by atoms with Crippen LogP contribution in [0.15, 0.2) is 0 Å². The molecule has 0 spiro atoms. The van der Waals surface area contributed by atoms with Crippen molar-refractivity contribution in [3.63, 3.8) is 0 Å². The van der Waals surface area contributed by atoms with Gasteiger partial charge >= 0.3 is 36.5 Å². The molecule has 0 fully saturated rings. The van der Waals surface area contributed by atoms with E-state index in [0.29, 0.717) is 0 Å². The van der Waals surface area contributed by atoms with Crippen LogP contribution in [-0.2, 0) is 0 Å². The summed E-state index contributed by atoms with van der Waals surface area (Å²) in [6, 6.07) is 0. The van der Waals surface area contributed by atoms with Gasteiger partial charge in [-0.15, -0.1) is 0 Å². The predicted octanol–water partition coefficient (Wildman–Crippen LogP) is 4.40. The van der Waals surface area contributed by atoms with Crippen LogP contribution < -0.4 is 0 Å². The van der Waals surface area contributed by atoms with Crippen molar-refractivity contribution in [1.82, 2.24) is 0 Å². The van der Waals surface area contributed by atoms with E-state index in [1.54, 1.807) is 0 Å². The minimum atomic E-state index is -7.33. The quantitative estimate of drug-likeness (QED) is 0.632. The van der Waals surface area contributed by atoms with Crippen molar-refractivity contribution in [3.8, 4) is 0 Å². The van der Waals surface area contributed by atoms with Crippen molar-refractivity contribution < 1.29 is 57.1 Å². The minimum Gasteiger partial charge on any atom is -0.234 e. The third-order valence-corrected chi connectivity index (χ3v) is 2.06. The summed E-state index contributed by atoms with van der Waals surface area (Å²) in [5.41, 5.74) is 0. The maximum atomic E-state index is 12.6. The summed E-state index contributed by atoms with van der Waals surface area (Å²) in [6.07, 6.45) is -16.5. The molecule has 0 saturated carbocycles. The summed E-state index contributed by atoms with van der Waals surface area (Å²) < 4.78 is 157. The van der Waals surface area contributed by atoms with E-state index < -0.39 is 42.7 Å². The Morgan fingerprint density at radius 3 is 1.10 bits per heavy atom. The average Bonchev–Trinajstić information content (AvgIpc) is 2.26. The van der Waals surface area contributed by atoms with Crippen molar-refractivity contribution in [2.24, 2.45) is 0 Å². The molecule has 0 amide bonds. The first-order valence-electron chi connectivity index (χ1n) is 4.26. The van der Waals surface area contributed by atoms with Crippen molar-refractivity contribution in [3.05, 3.63) is 0 Å². The van der Waals surface area contributed by atoms with Gasteiger partial charge in [0.1, 0.15) is 0 Å². The normalized spacial score (nSPS) is 16.9. The molecular weight excluding hydrogens is 331 g/mol. The SMILES string of the molecule is FC(F)C(F)(F)C(F)C(F)(F)C(F)(F)C(F)(F)C(F)F. The van der Waals surface area contributed by atoms with E-state index in [1.165, 1.54) is 0 Å². The predicted molar refractivity (Wildman–Crippen MR) is 36.7 cm³/mol. The molecule has 0 heterocycles. The fourth-order valence-electron chi connectivity index (χ4n) is 0.871. The van der Waals surface area contributed by atoms with E-state index in [-0.39, 0.29) is 0 Å². The van der Waals surface area contributed by atoms with Gasteiger partial charge in [0, 0.05) is 0 Å². The van der Waals surface area contributed by atoms with Crippen LogP contribution in [0.2, 0.25) is 0 Å². The topological polar surface area (TPSA) is 0 Å². The Bertz CT molecular complexity index is 332. The molecule has 1 unspecified atom stereocenters. The summed E-state index contributed by atoms with van der Waals surface area (Å²) in [7, 11) is 0. The highest BCUT2D eigenvalue weighted by Crippen LogP contribution is 2.53. The molecule has 20 heavy (non-hydrogen) atoms. The second-order valence-corrected chi connectivity index (χ2v) is 3.46. The smallest absolute Gasteiger partial charge is 0.234 e. The molecule has 0 aliphatic heterocycles. The molecule has 1 atom stereocenters. The summed E-state index contributed by atoms with van der Waals surface area (Å²) >= 11 is 0. The fourth-order valence-corrected chi connectivity index (χ4v) is 0.871. The van der Waals surface area contributed by atoms with Crippen LogP contribution >= 0.6 is 0 Å². The Labute approximate surface area is 101 Å². The molecule has 0 aromatic heterocycles. The standard InChI is InChI=1S/C7H3F13/c8-1(4(13,14)2(9)10)5(15,16)7(19,20)6(17,18)3(11)12/h1-3H. The lowest BCUT2D eigenvalue weighted by Crippen LogP contribution is -2.65. The summed E-state index contributed by atoms with van der Waals surface area (Å²) in [6.45, 7) is 0. The molecule has 0 N–H and O–H groups in total. The van der Waals surface area contributed by atoms with E-state index in [4.69, 9.17) is 0 Å². The number of halogens is 13. The highest BCUT2D eigenvalue weighted by Gasteiger charge is 2.81. The molecule has 13 heteroatoms. The first-order chi connectivity index (χ1) is 8.54. The van der Waals surface area contributed by atoms with Crippen LogP contribution in [0.5, 0.6) is 0 Å². The van der Waals surface area contributed by atoms with E-state index in [1.807, 2.05) is 0 Å². The molecule has 122 valence electrons. The van der Waals surface area contributed by atoms with Crippen LogP contribution in [0.1, 0.15) is 0 Å². The molecule has 0 aliphatic rings. The lowest BCUT2D eigenvalue weighted by Gasteiger charge is -2.35. The molecular formula is C7H3F13. The van der Waals surface area contributed by atoms with Crippen LogP contribution in [0, 0.1) is 0 Å². The van der Waals surface area contributed by atoms with E-state index >= 15 is 0 Å². The molecule has 0 aromatic carbocycles. The zero-order chi connectivity index (χ0) is 16.7. The number of hydrogen-bond donors (Lipinski definition) is 0. The van der Waals surface area contributed by atoms with Gasteiger partial charge in [0.2, 0.25) is 6.17 Å². The second-order valence-electron chi connectivity index (χ2n) is 3.46. The number of hydrogen-bond acceptors (Lipinski definition) is 0. The van der Waals surface area contributed by atoms with Crippen LogP contribution in [-0.4, -0.2) is 42.7 Å². The lowest BCUT2D eigenvalue weighted by atomic mass is 9.97. The molecule has 0 rings (SSSR count). The fraction of sp³-hybridized carbons (Fsp3) is 1.00. The average molecular weight is 334 g/mol. The third kappa shape index (κ3) is 2.62. The zero-order valence-electron chi connectivity index (χ0n) is 8.65. The van der Waals surface area contributed by atoms with Gasteiger partial charge in [-0.2, -0.15) is 35.1 Å². The Kier molecular flexibility index (Phi) is 4.90. The Morgan fingerprint density at radius 1 is 0.500 bits per heavy atom. The van der Waals surface area contributed by atoms with Gasteiger partial charge in [0.15, 0.2) is 0 Å². The molecule has 0 saturated heterocycles. The summed E-state index contributed by atoms with van der Waals surface area (Å²) in [5, 5.41) is 0. The van der Waals surface area contributed by atoms with Gasteiger partial charge in [0.05, 0.1) is 0 Å². The highest BCUT2D eigenvalue weighted by atomic mass is 19.4. The monoisotopic (exact) mass is 334 g/mol. The lowest BCUT2D eigenvalue weighted by molar-refractivity contribution is -0.369. The van der Waals surface area contributed by atoms with E-state index in [9.17, 15) is 57.1 Å². The van der Waals surface area contributed by atoms with Crippen molar-refractivity contribution in [2.45, 2.75) is 42.7 Å². The first-order valence-corrected chi connectivity index (χ1v) is 4.26. The van der Waals surface area contributed by atoms with Gasteiger partial charge in [-0.25, -0.2) is 22.0 Å². The van der Waals surface area contributed by atoms with Crippen molar-refractivity contribution in [1.29, 1.82) is 0 Å². The van der Waals surface area contributed by atoms with Crippen molar-refractivity contribution in [2.75, 3.05) is 0 Å². The minimum absolute atomic E-state index is 5.25. The van der Waals surface area contributed by atoms with Gasteiger partial charge in [-0.1, -0.05) is 0 Å². The first kappa shape index (κ1) is 19.1. The van der Waals surface area contributed by atoms with E-state index in [0.717, 1.165) is 0 Å². The maximum Gasteiger partial charge on any atom is 0.381 e. The number of alkyl halides is 13. The molecule has 0 aliphatic carbocycles. The Hall–Kier alpha value is -0.910. The molecule has 0 bridgehead atoms. The largest absolute Gasteiger partial charge is 0.381 e. The zero-order valence-corrected chi connectivity index (χ0v) is 8.65. The van der Waals surface area contributed by atoms with Crippen molar-refractivity contribution >= 4 is 0 Å². The van der Waals surface area contributed by atoms with Crippen LogP contribution in [0.25, 0.3) is 0 Å². The van der Waals surface area contributed by atoms with Crippen LogP contribution in [0.3, 0.4) is 0 Å². The third-order valence-electron chi connectivity index (χ3n) is 2.06. The van der Waals surface area contributed by atoms with Gasteiger partial charge in [-0.3, -0.25) is 0 Å². The summed E-state index contributed by atoms with van der Waals surface area (Å²) in [4.78, 5) is 0. The highest BCUT2D eigenvalue weighted by molar-refractivity contribution is 5.05. The van der Waals surface area contributed by atoms with Gasteiger partial charge < -0.3 is 0 Å². The summed E-state index contributed by atoms with van der Waals surface area (Å²) in [5.74, 6) is -27.9. The Balaban J connectivity index is 5.74. The van der Waals surface area contributed by atoms with Gasteiger partial charge in [0.25, 0.3) is 0 Å². The molecule has 0 aromatic rings. The van der Waals surface area contributed by atoms with Crippen LogP contribution in [0.4, 0.5) is 57.1 Å². The number of rotatable bonds is 6. The molecule has 0 nitrogen and oxygen atoms in total. The second kappa shape index (κ2) is 5.13. The van der Waals surface area contributed by atoms with E-state index in [2.05, 4.69) is 0 Å². The Morgan fingerprint density at radius 2 is 0.850 bits per heavy atom.